The fraction of sp³-hybridized carbons (Fsp3) is 0.537. The van der Waals surface area contributed by atoms with Gasteiger partial charge in [0, 0.05) is 56.4 Å². The second-order valence-electron chi connectivity index (χ2n) is 13.1. The van der Waals surface area contributed by atoms with Gasteiger partial charge in [0.15, 0.2) is 0 Å². The van der Waals surface area contributed by atoms with Gasteiger partial charge >= 0.3 is 0 Å². The summed E-state index contributed by atoms with van der Waals surface area (Å²) in [6.07, 6.45) is 3.79. The summed E-state index contributed by atoms with van der Waals surface area (Å²) in [5.41, 5.74) is 5.32. The van der Waals surface area contributed by atoms with Crippen LogP contribution in [0.3, 0.4) is 0 Å². The van der Waals surface area contributed by atoms with Crippen molar-refractivity contribution in [3.05, 3.63) is 94.8 Å². The van der Waals surface area contributed by atoms with Crippen molar-refractivity contribution in [1.82, 2.24) is 20.4 Å². The Bertz CT molecular complexity index is 1340. The summed E-state index contributed by atoms with van der Waals surface area (Å²) < 4.78 is 14.9. The first kappa shape index (κ1) is 41.1. The zero-order valence-electron chi connectivity index (χ0n) is 31.5. The van der Waals surface area contributed by atoms with E-state index in [4.69, 9.17) is 0 Å². The number of hydrogen-bond donors (Lipinski definition) is 3. The third-order valence-electron chi connectivity index (χ3n) is 8.46. The van der Waals surface area contributed by atoms with Crippen molar-refractivity contribution in [1.29, 1.82) is 0 Å². The van der Waals surface area contributed by atoms with Crippen LogP contribution in [0.5, 0.6) is 0 Å². The van der Waals surface area contributed by atoms with Crippen LogP contribution in [-0.2, 0) is 19.6 Å². The molecule has 5 rings (SSSR count). The molecule has 0 bridgehead atoms. The molecule has 48 heavy (non-hydrogen) atoms. The summed E-state index contributed by atoms with van der Waals surface area (Å²) in [5, 5.41) is 6.52. The average molecular weight is 663 g/mol. The Labute approximate surface area is 292 Å². The molecule has 0 aliphatic carbocycles. The molecule has 266 valence electrons. The molecule has 0 saturated carbocycles. The van der Waals surface area contributed by atoms with Crippen LogP contribution >= 0.6 is 0 Å². The van der Waals surface area contributed by atoms with Gasteiger partial charge in [-0.25, -0.2) is 4.39 Å². The van der Waals surface area contributed by atoms with Gasteiger partial charge in [0.1, 0.15) is 5.82 Å². The predicted octanol–water partition coefficient (Wildman–Crippen LogP) is 6.65. The van der Waals surface area contributed by atoms with E-state index in [9.17, 15) is 9.18 Å². The SMILES string of the molecule is CC.CC.CCC1CCN(Cc2cccc(C(=O)NCc3ccc(F)c(-c4cccc(CN5CCNC(C)C5)c4)c3)c2)CC1.C[NH+](C)C. The van der Waals surface area contributed by atoms with E-state index in [2.05, 4.69) is 73.6 Å². The third kappa shape index (κ3) is 14.2. The van der Waals surface area contributed by atoms with Crippen LogP contribution in [0.15, 0.2) is 66.7 Å². The van der Waals surface area contributed by atoms with Gasteiger partial charge in [-0.15, -0.1) is 0 Å². The summed E-state index contributed by atoms with van der Waals surface area (Å²) in [6, 6.07) is 21.7. The van der Waals surface area contributed by atoms with Crippen LogP contribution in [0.4, 0.5) is 4.39 Å². The van der Waals surface area contributed by atoms with Crippen LogP contribution < -0.4 is 15.5 Å². The van der Waals surface area contributed by atoms with Crippen LogP contribution in [0.25, 0.3) is 11.1 Å². The Morgan fingerprint density at radius 1 is 0.854 bits per heavy atom. The molecule has 7 heteroatoms. The molecule has 2 heterocycles. The number of carbonyl (C=O) groups excluding carboxylic acids is 1. The molecule has 2 aliphatic heterocycles. The summed E-state index contributed by atoms with van der Waals surface area (Å²) in [5.74, 6) is 0.494. The normalized spacial score (nSPS) is 16.9. The van der Waals surface area contributed by atoms with E-state index < -0.39 is 0 Å². The van der Waals surface area contributed by atoms with E-state index in [0.717, 1.165) is 62.9 Å². The number of likely N-dealkylation sites (tertiary alicyclic amines) is 1. The zero-order valence-corrected chi connectivity index (χ0v) is 31.5. The number of piperazine rings is 1. The Morgan fingerprint density at radius 3 is 2.12 bits per heavy atom. The molecular formula is C41H65FN5O+. The summed E-state index contributed by atoms with van der Waals surface area (Å²) in [4.78, 5) is 19.4. The van der Waals surface area contributed by atoms with E-state index in [1.807, 2.05) is 64.1 Å². The van der Waals surface area contributed by atoms with Gasteiger partial charge in [0.05, 0.1) is 21.1 Å². The van der Waals surface area contributed by atoms with Gasteiger partial charge in [0.2, 0.25) is 0 Å². The minimum absolute atomic E-state index is 0.107. The quantitative estimate of drug-likeness (QED) is 0.240. The van der Waals surface area contributed by atoms with Crippen molar-refractivity contribution in [3.63, 3.8) is 0 Å². The van der Waals surface area contributed by atoms with Gasteiger partial charge in [0.25, 0.3) is 5.91 Å². The Kier molecular flexibility index (Phi) is 19.3. The number of quaternary nitrogens is 1. The average Bonchev–Trinajstić information content (AvgIpc) is 3.10. The van der Waals surface area contributed by atoms with E-state index >= 15 is 0 Å². The molecule has 0 aromatic heterocycles. The smallest absolute Gasteiger partial charge is 0.251 e. The molecular weight excluding hydrogens is 597 g/mol. The largest absolute Gasteiger partial charge is 0.348 e. The van der Waals surface area contributed by atoms with Crippen molar-refractivity contribution in [3.8, 4) is 11.1 Å². The lowest BCUT2D eigenvalue weighted by molar-refractivity contribution is -0.836. The summed E-state index contributed by atoms with van der Waals surface area (Å²) in [6.45, 7) is 19.8. The fourth-order valence-electron chi connectivity index (χ4n) is 6.06. The first-order chi connectivity index (χ1) is 23.2. The maximum Gasteiger partial charge on any atom is 0.251 e. The van der Waals surface area contributed by atoms with Crippen LogP contribution in [0.1, 0.15) is 87.9 Å². The Morgan fingerprint density at radius 2 is 1.48 bits per heavy atom. The van der Waals surface area contributed by atoms with Crippen molar-refractivity contribution < 1.29 is 14.1 Å². The lowest BCUT2D eigenvalue weighted by Gasteiger charge is -2.31. The number of halogens is 1. The van der Waals surface area contributed by atoms with Gasteiger partial charge in [-0.3, -0.25) is 14.6 Å². The molecule has 1 unspecified atom stereocenters. The second kappa shape index (κ2) is 22.5. The van der Waals surface area contributed by atoms with Crippen LogP contribution in [0, 0.1) is 11.7 Å². The zero-order chi connectivity index (χ0) is 35.5. The van der Waals surface area contributed by atoms with Crippen LogP contribution in [-0.4, -0.2) is 75.6 Å². The standard InChI is InChI=1S/C34H43FN4O.C3H9N.2C2H6/c1-3-26-12-15-38(16-13-26)23-29-7-5-9-31(19-29)34(40)37-21-27-10-11-33(35)32(20-27)30-8-4-6-28(18-30)24-39-17-14-36-25(2)22-39;1-4(2)3;2*1-2/h4-11,18-20,25-26,36H,3,12-17,21-24H2,1-2H3,(H,37,40);1-3H3;2*1-2H3/p+1. The highest BCUT2D eigenvalue weighted by Crippen LogP contribution is 2.26. The first-order valence-electron chi connectivity index (χ1n) is 18.4. The van der Waals surface area contributed by atoms with Gasteiger partial charge in [-0.2, -0.15) is 0 Å². The number of amides is 1. The van der Waals surface area contributed by atoms with Crippen molar-refractivity contribution in [2.75, 3.05) is 53.9 Å². The lowest BCUT2D eigenvalue weighted by atomic mass is 9.94. The van der Waals surface area contributed by atoms with Crippen molar-refractivity contribution in [2.24, 2.45) is 5.92 Å². The molecule has 0 radical (unpaired) electrons. The molecule has 2 fully saturated rings. The second-order valence-corrected chi connectivity index (χ2v) is 13.1. The molecule has 3 aromatic rings. The number of benzene rings is 3. The monoisotopic (exact) mass is 663 g/mol. The highest BCUT2D eigenvalue weighted by atomic mass is 19.1. The van der Waals surface area contributed by atoms with E-state index in [1.54, 1.807) is 6.07 Å². The Balaban J connectivity index is 0.000000917. The molecule has 1 amide bonds. The molecule has 2 aliphatic rings. The molecule has 2 saturated heterocycles. The first-order valence-corrected chi connectivity index (χ1v) is 18.4. The topological polar surface area (TPSA) is 52.1 Å². The highest BCUT2D eigenvalue weighted by Gasteiger charge is 2.19. The van der Waals surface area contributed by atoms with Crippen molar-refractivity contribution >= 4 is 5.91 Å². The molecule has 3 aromatic carbocycles. The number of nitrogens with one attached hydrogen (secondary N) is 3. The Hall–Kier alpha value is -3.10. The third-order valence-corrected chi connectivity index (χ3v) is 8.46. The maximum absolute atomic E-state index is 14.9. The number of rotatable bonds is 9. The lowest BCUT2D eigenvalue weighted by Crippen LogP contribution is -3.02. The fourth-order valence-corrected chi connectivity index (χ4v) is 6.06. The number of piperidine rings is 1. The van der Waals surface area contributed by atoms with E-state index in [0.29, 0.717) is 23.7 Å². The number of nitrogens with zero attached hydrogens (tertiary/aromatic N) is 2. The summed E-state index contributed by atoms with van der Waals surface area (Å²) in [7, 11) is 6.25. The number of carbonyl (C=O) groups is 1. The minimum atomic E-state index is -0.251. The van der Waals surface area contributed by atoms with Gasteiger partial charge in [-0.05, 0) is 91.4 Å². The molecule has 0 spiro atoms. The van der Waals surface area contributed by atoms with Gasteiger partial charge < -0.3 is 15.5 Å². The predicted molar refractivity (Wildman–Crippen MR) is 202 cm³/mol. The highest BCUT2D eigenvalue weighted by molar-refractivity contribution is 5.94. The minimum Gasteiger partial charge on any atom is -0.348 e. The van der Waals surface area contributed by atoms with E-state index in [-0.39, 0.29) is 11.7 Å². The summed E-state index contributed by atoms with van der Waals surface area (Å²) >= 11 is 0. The maximum atomic E-state index is 14.9. The van der Waals surface area contributed by atoms with Crippen molar-refractivity contribution in [2.45, 2.75) is 86.5 Å². The number of hydrogen-bond acceptors (Lipinski definition) is 4. The van der Waals surface area contributed by atoms with Crippen LogP contribution in [0.2, 0.25) is 0 Å². The molecule has 1 atom stereocenters. The van der Waals surface area contributed by atoms with Gasteiger partial charge in [-0.1, -0.05) is 77.4 Å². The molecule has 6 nitrogen and oxygen atoms in total. The van der Waals surface area contributed by atoms with E-state index in [1.165, 1.54) is 41.4 Å². The molecule has 3 N–H and O–H groups in total.